The highest BCUT2D eigenvalue weighted by Crippen LogP contribution is 2.28. The third-order valence-electron chi connectivity index (χ3n) is 5.63. The maximum absolute atomic E-state index is 12.3. The largest absolute Gasteiger partial charge is 0.442 e. The van der Waals surface area contributed by atoms with Crippen molar-refractivity contribution >= 4 is 6.09 Å². The maximum atomic E-state index is 12.3. The minimum atomic E-state index is -0.171. The molecule has 0 spiro atoms. The zero-order valence-corrected chi connectivity index (χ0v) is 16.9. The van der Waals surface area contributed by atoms with Crippen molar-refractivity contribution in [3.63, 3.8) is 0 Å². The van der Waals surface area contributed by atoms with Gasteiger partial charge in [0.05, 0.1) is 25.8 Å². The molecule has 1 aromatic heterocycles. The Kier molecular flexibility index (Phi) is 6.13. The number of carbonyl (C=O) groups excluding carboxylic acids is 1. The van der Waals surface area contributed by atoms with Crippen LogP contribution in [0.4, 0.5) is 4.79 Å². The molecular formula is C19H31N5O4. The molecule has 9 nitrogen and oxygen atoms in total. The number of nitrogens with zero attached hydrogens (tertiary/aromatic N) is 5. The van der Waals surface area contributed by atoms with E-state index in [4.69, 9.17) is 14.0 Å². The fraction of sp³-hybridized carbons (Fsp3) is 0.842. The Hall–Kier alpha value is -1.71. The topological polar surface area (TPSA) is 84.2 Å². The molecule has 0 unspecified atom stereocenters. The van der Waals surface area contributed by atoms with Crippen LogP contribution in [0, 0.1) is 5.92 Å². The van der Waals surface area contributed by atoms with Crippen molar-refractivity contribution in [1.29, 1.82) is 0 Å². The third-order valence-corrected chi connectivity index (χ3v) is 5.63. The van der Waals surface area contributed by atoms with Crippen molar-refractivity contribution in [2.75, 3.05) is 52.5 Å². The van der Waals surface area contributed by atoms with Crippen molar-refractivity contribution in [3.05, 3.63) is 11.7 Å². The molecule has 0 bridgehead atoms. The summed E-state index contributed by atoms with van der Waals surface area (Å²) in [7, 11) is 0. The fourth-order valence-corrected chi connectivity index (χ4v) is 4.24. The van der Waals surface area contributed by atoms with Gasteiger partial charge in [0, 0.05) is 45.7 Å². The molecule has 3 aliphatic rings. The van der Waals surface area contributed by atoms with Crippen LogP contribution in [0.1, 0.15) is 32.0 Å². The molecule has 3 aliphatic heterocycles. The van der Waals surface area contributed by atoms with Crippen LogP contribution >= 0.6 is 0 Å². The van der Waals surface area contributed by atoms with Crippen LogP contribution in [0.3, 0.4) is 0 Å². The van der Waals surface area contributed by atoms with Gasteiger partial charge in [0.1, 0.15) is 6.10 Å². The normalized spacial score (nSPS) is 26.2. The summed E-state index contributed by atoms with van der Waals surface area (Å²) in [5.74, 6) is 1.89. The van der Waals surface area contributed by atoms with E-state index in [1.54, 1.807) is 0 Å². The molecule has 2 atom stereocenters. The molecule has 156 valence electrons. The van der Waals surface area contributed by atoms with E-state index in [9.17, 15) is 4.79 Å². The molecule has 1 aromatic rings. The second-order valence-corrected chi connectivity index (χ2v) is 8.39. The van der Waals surface area contributed by atoms with Crippen molar-refractivity contribution in [2.45, 2.75) is 45.4 Å². The minimum absolute atomic E-state index is 0.0575. The van der Waals surface area contributed by atoms with Crippen molar-refractivity contribution in [3.8, 4) is 0 Å². The van der Waals surface area contributed by atoms with Crippen molar-refractivity contribution in [2.24, 2.45) is 5.92 Å². The van der Waals surface area contributed by atoms with Gasteiger partial charge < -0.3 is 18.9 Å². The number of rotatable bonds is 8. The Bertz CT molecular complexity index is 661. The van der Waals surface area contributed by atoms with E-state index >= 15 is 0 Å². The van der Waals surface area contributed by atoms with Gasteiger partial charge in [-0.05, 0) is 12.3 Å². The monoisotopic (exact) mass is 393 g/mol. The van der Waals surface area contributed by atoms with E-state index in [-0.39, 0.29) is 18.2 Å². The maximum Gasteiger partial charge on any atom is 0.410 e. The molecule has 3 fully saturated rings. The molecule has 1 amide bonds. The Morgan fingerprint density at radius 3 is 2.75 bits per heavy atom. The number of aromatic nitrogens is 2. The molecule has 0 radical (unpaired) electrons. The molecule has 3 saturated heterocycles. The van der Waals surface area contributed by atoms with E-state index in [2.05, 4.69) is 33.8 Å². The van der Waals surface area contributed by atoms with Crippen LogP contribution in [0.25, 0.3) is 0 Å². The van der Waals surface area contributed by atoms with Crippen molar-refractivity contribution in [1.82, 2.24) is 24.8 Å². The number of ether oxygens (including phenoxy) is 2. The van der Waals surface area contributed by atoms with Crippen LogP contribution in [0.15, 0.2) is 4.52 Å². The average molecular weight is 393 g/mol. The SMILES string of the molecule is CC(C)Cc1nc(CN2C[C@H]3OC(=O)N(CCCN4CCOCC4)[C@H]3C2)no1. The summed E-state index contributed by atoms with van der Waals surface area (Å²) in [5.41, 5.74) is 0. The van der Waals surface area contributed by atoms with Gasteiger partial charge in [-0.1, -0.05) is 19.0 Å². The number of hydrogen-bond donors (Lipinski definition) is 0. The number of hydrogen-bond acceptors (Lipinski definition) is 8. The van der Waals surface area contributed by atoms with E-state index in [1.807, 2.05) is 4.90 Å². The molecule has 0 saturated carbocycles. The lowest BCUT2D eigenvalue weighted by atomic mass is 10.1. The lowest BCUT2D eigenvalue weighted by molar-refractivity contribution is 0.0362. The Morgan fingerprint density at radius 1 is 1.14 bits per heavy atom. The fourth-order valence-electron chi connectivity index (χ4n) is 4.24. The van der Waals surface area contributed by atoms with Gasteiger partial charge in [0.25, 0.3) is 0 Å². The highest BCUT2D eigenvalue weighted by molar-refractivity contribution is 5.71. The Labute approximate surface area is 165 Å². The van der Waals surface area contributed by atoms with Gasteiger partial charge in [-0.2, -0.15) is 4.98 Å². The second kappa shape index (κ2) is 8.75. The first-order valence-corrected chi connectivity index (χ1v) is 10.4. The highest BCUT2D eigenvalue weighted by Gasteiger charge is 2.47. The van der Waals surface area contributed by atoms with E-state index < -0.39 is 0 Å². The lowest BCUT2D eigenvalue weighted by Gasteiger charge is -2.28. The van der Waals surface area contributed by atoms with Gasteiger partial charge in [-0.25, -0.2) is 4.79 Å². The first kappa shape index (κ1) is 19.6. The molecule has 0 N–H and O–H groups in total. The minimum Gasteiger partial charge on any atom is -0.442 e. The van der Waals surface area contributed by atoms with Crippen LogP contribution in [-0.4, -0.2) is 95.6 Å². The van der Waals surface area contributed by atoms with E-state index in [0.29, 0.717) is 24.2 Å². The van der Waals surface area contributed by atoms with E-state index in [0.717, 1.165) is 65.3 Å². The highest BCUT2D eigenvalue weighted by atomic mass is 16.6. The zero-order chi connectivity index (χ0) is 19.5. The summed E-state index contributed by atoms with van der Waals surface area (Å²) in [6.45, 7) is 11.7. The quantitative estimate of drug-likeness (QED) is 0.647. The van der Waals surface area contributed by atoms with Crippen LogP contribution < -0.4 is 0 Å². The second-order valence-electron chi connectivity index (χ2n) is 8.39. The number of fused-ring (bicyclic) bond motifs is 1. The van der Waals surface area contributed by atoms with Gasteiger partial charge in [-0.3, -0.25) is 9.80 Å². The molecule has 4 rings (SSSR count). The molecular weight excluding hydrogens is 362 g/mol. The average Bonchev–Trinajstić information content (AvgIpc) is 3.32. The Morgan fingerprint density at radius 2 is 1.96 bits per heavy atom. The number of carbonyl (C=O) groups is 1. The smallest absolute Gasteiger partial charge is 0.410 e. The standard InChI is InChI=1S/C19H31N5O4/c1-14(2)10-18-20-17(21-28-18)13-23-11-15-16(12-23)27-19(25)24(15)5-3-4-22-6-8-26-9-7-22/h14-16H,3-13H2,1-2H3/t15-,16+/m0/s1. The number of morpholine rings is 1. The summed E-state index contributed by atoms with van der Waals surface area (Å²) < 4.78 is 16.3. The first-order valence-electron chi connectivity index (χ1n) is 10.4. The zero-order valence-electron chi connectivity index (χ0n) is 16.9. The van der Waals surface area contributed by atoms with Crippen molar-refractivity contribution < 1.29 is 18.8 Å². The van der Waals surface area contributed by atoms with Gasteiger partial charge >= 0.3 is 6.09 Å². The number of likely N-dealkylation sites (tertiary alicyclic amines) is 1. The van der Waals surface area contributed by atoms with Crippen LogP contribution in [0.5, 0.6) is 0 Å². The predicted octanol–water partition coefficient (Wildman–Crippen LogP) is 0.995. The molecule has 9 heteroatoms. The molecule has 28 heavy (non-hydrogen) atoms. The van der Waals surface area contributed by atoms with E-state index in [1.165, 1.54) is 0 Å². The summed E-state index contributed by atoms with van der Waals surface area (Å²) in [6.07, 6.45) is 1.53. The number of amides is 1. The molecule has 0 aromatic carbocycles. The Balaban J connectivity index is 1.25. The molecule has 0 aliphatic carbocycles. The first-order chi connectivity index (χ1) is 13.6. The summed E-state index contributed by atoms with van der Waals surface area (Å²) in [6, 6.07) is 0.124. The van der Waals surface area contributed by atoms with Crippen LogP contribution in [0.2, 0.25) is 0 Å². The van der Waals surface area contributed by atoms with Gasteiger partial charge in [0.2, 0.25) is 5.89 Å². The van der Waals surface area contributed by atoms with Gasteiger partial charge in [0.15, 0.2) is 5.82 Å². The predicted molar refractivity (Wildman–Crippen MR) is 101 cm³/mol. The summed E-state index contributed by atoms with van der Waals surface area (Å²) >= 11 is 0. The summed E-state index contributed by atoms with van der Waals surface area (Å²) in [5, 5.41) is 4.10. The summed E-state index contributed by atoms with van der Waals surface area (Å²) in [4.78, 5) is 23.3. The molecule has 4 heterocycles. The third kappa shape index (κ3) is 4.64. The lowest BCUT2D eigenvalue weighted by Crippen LogP contribution is -2.41. The van der Waals surface area contributed by atoms with Crippen LogP contribution in [-0.2, 0) is 22.4 Å². The van der Waals surface area contributed by atoms with Gasteiger partial charge in [-0.15, -0.1) is 0 Å².